The maximum atomic E-state index is 13.5. The third-order valence-corrected chi connectivity index (χ3v) is 3.00. The van der Waals surface area contributed by atoms with Gasteiger partial charge in [0, 0.05) is 24.0 Å². The molecule has 4 heteroatoms. The molecule has 1 rings (SSSR count). The molecule has 0 fully saturated rings. The third-order valence-electron chi connectivity index (χ3n) is 2.73. The smallest absolute Gasteiger partial charge is 0.130 e. The fourth-order valence-electron chi connectivity index (χ4n) is 1.67. The standard InChI is InChI=1S/C13H18ClF2N/c1-10(2)17(8-4-7-14)9-11-12(15)5-3-6-13(11)16/h3,5-6,10H,4,7-9H2,1-2H3. The van der Waals surface area contributed by atoms with Gasteiger partial charge in [0.25, 0.3) is 0 Å². The highest BCUT2D eigenvalue weighted by Crippen LogP contribution is 2.16. The molecule has 0 aliphatic carbocycles. The minimum atomic E-state index is -0.485. The summed E-state index contributed by atoms with van der Waals surface area (Å²) in [6.45, 7) is 5.04. The van der Waals surface area contributed by atoms with Crippen molar-refractivity contribution in [3.05, 3.63) is 35.4 Å². The number of halogens is 3. The van der Waals surface area contributed by atoms with E-state index in [1.165, 1.54) is 18.2 Å². The zero-order valence-electron chi connectivity index (χ0n) is 10.2. The molecule has 0 spiro atoms. The first-order chi connectivity index (χ1) is 8.06. The number of nitrogens with zero attached hydrogens (tertiary/aromatic N) is 1. The maximum Gasteiger partial charge on any atom is 0.130 e. The predicted molar refractivity (Wildman–Crippen MR) is 67.2 cm³/mol. The summed E-state index contributed by atoms with van der Waals surface area (Å²) in [7, 11) is 0. The lowest BCUT2D eigenvalue weighted by atomic mass is 10.1. The SMILES string of the molecule is CC(C)N(CCCCl)Cc1c(F)cccc1F. The van der Waals surface area contributed by atoms with E-state index in [0.717, 1.165) is 13.0 Å². The van der Waals surface area contributed by atoms with Gasteiger partial charge < -0.3 is 0 Å². The molecule has 0 atom stereocenters. The molecule has 0 bridgehead atoms. The monoisotopic (exact) mass is 261 g/mol. The van der Waals surface area contributed by atoms with Crippen LogP contribution in [-0.2, 0) is 6.54 Å². The van der Waals surface area contributed by atoms with Crippen molar-refractivity contribution in [2.45, 2.75) is 32.9 Å². The van der Waals surface area contributed by atoms with Gasteiger partial charge in [-0.05, 0) is 38.9 Å². The number of benzene rings is 1. The van der Waals surface area contributed by atoms with E-state index in [9.17, 15) is 8.78 Å². The van der Waals surface area contributed by atoms with E-state index >= 15 is 0 Å². The van der Waals surface area contributed by atoms with Crippen LogP contribution >= 0.6 is 11.6 Å². The van der Waals surface area contributed by atoms with Gasteiger partial charge in [-0.15, -0.1) is 11.6 Å². The predicted octanol–water partition coefficient (Wildman–Crippen LogP) is 3.80. The van der Waals surface area contributed by atoms with Gasteiger partial charge in [-0.3, -0.25) is 4.90 Å². The quantitative estimate of drug-likeness (QED) is 0.704. The molecular weight excluding hydrogens is 244 g/mol. The van der Waals surface area contributed by atoms with Crippen molar-refractivity contribution in [2.24, 2.45) is 0 Å². The third kappa shape index (κ3) is 4.25. The largest absolute Gasteiger partial charge is 0.296 e. The summed E-state index contributed by atoms with van der Waals surface area (Å²) in [5, 5.41) is 0. The molecule has 0 heterocycles. The van der Waals surface area contributed by atoms with Crippen molar-refractivity contribution >= 4 is 11.6 Å². The van der Waals surface area contributed by atoms with Crippen LogP contribution in [0.15, 0.2) is 18.2 Å². The van der Waals surface area contributed by atoms with Crippen LogP contribution in [0.1, 0.15) is 25.8 Å². The number of alkyl halides is 1. The summed E-state index contributed by atoms with van der Waals surface area (Å²) in [4.78, 5) is 2.02. The molecular formula is C13H18ClF2N. The Morgan fingerprint density at radius 2 is 1.82 bits per heavy atom. The fourth-order valence-corrected chi connectivity index (χ4v) is 1.79. The molecule has 1 nitrogen and oxygen atoms in total. The van der Waals surface area contributed by atoms with Crippen LogP contribution in [0, 0.1) is 11.6 Å². The van der Waals surface area contributed by atoms with Crippen LogP contribution in [-0.4, -0.2) is 23.4 Å². The molecule has 1 aromatic rings. The first-order valence-corrected chi connectivity index (χ1v) is 6.32. The van der Waals surface area contributed by atoms with E-state index in [2.05, 4.69) is 0 Å². The molecule has 0 N–H and O–H groups in total. The van der Waals surface area contributed by atoms with Crippen molar-refractivity contribution < 1.29 is 8.78 Å². The summed E-state index contributed by atoms with van der Waals surface area (Å²) in [5.74, 6) is -0.411. The summed E-state index contributed by atoms with van der Waals surface area (Å²) >= 11 is 5.64. The van der Waals surface area contributed by atoms with Gasteiger partial charge >= 0.3 is 0 Å². The molecule has 0 unspecified atom stereocenters. The van der Waals surface area contributed by atoms with E-state index in [0.29, 0.717) is 5.88 Å². The van der Waals surface area contributed by atoms with E-state index in [-0.39, 0.29) is 18.2 Å². The average Bonchev–Trinajstić information content (AvgIpc) is 2.27. The Morgan fingerprint density at radius 3 is 2.29 bits per heavy atom. The Kier molecular flexibility index (Phi) is 5.86. The topological polar surface area (TPSA) is 3.24 Å². The first-order valence-electron chi connectivity index (χ1n) is 5.79. The maximum absolute atomic E-state index is 13.5. The Morgan fingerprint density at radius 1 is 1.24 bits per heavy atom. The summed E-state index contributed by atoms with van der Waals surface area (Å²) in [6, 6.07) is 4.20. The second-order valence-electron chi connectivity index (χ2n) is 4.31. The first kappa shape index (κ1) is 14.4. The normalized spacial score (nSPS) is 11.5. The van der Waals surface area contributed by atoms with Gasteiger partial charge in [0.05, 0.1) is 0 Å². The molecule has 0 aliphatic rings. The lowest BCUT2D eigenvalue weighted by Gasteiger charge is -2.26. The van der Waals surface area contributed by atoms with Crippen LogP contribution in [0.2, 0.25) is 0 Å². The zero-order chi connectivity index (χ0) is 12.8. The second kappa shape index (κ2) is 6.92. The molecule has 0 saturated heterocycles. The van der Waals surface area contributed by atoms with E-state index in [1.54, 1.807) is 0 Å². The molecule has 0 amide bonds. The lowest BCUT2D eigenvalue weighted by Crippen LogP contribution is -2.32. The average molecular weight is 262 g/mol. The van der Waals surface area contributed by atoms with E-state index < -0.39 is 11.6 Å². The molecule has 0 radical (unpaired) electrons. The number of hydrogen-bond acceptors (Lipinski definition) is 1. The summed E-state index contributed by atoms with van der Waals surface area (Å²) in [6.07, 6.45) is 0.815. The molecule has 0 aliphatic heterocycles. The minimum Gasteiger partial charge on any atom is -0.296 e. The van der Waals surface area contributed by atoms with Crippen LogP contribution in [0.4, 0.5) is 8.78 Å². The highest BCUT2D eigenvalue weighted by atomic mass is 35.5. The van der Waals surface area contributed by atoms with Crippen molar-refractivity contribution in [1.82, 2.24) is 4.90 Å². The Bertz CT molecular complexity index is 335. The van der Waals surface area contributed by atoms with Crippen LogP contribution in [0.3, 0.4) is 0 Å². The Balaban J connectivity index is 2.78. The van der Waals surface area contributed by atoms with E-state index in [4.69, 9.17) is 11.6 Å². The zero-order valence-corrected chi connectivity index (χ0v) is 11.0. The van der Waals surface area contributed by atoms with Crippen LogP contribution in [0.5, 0.6) is 0 Å². The van der Waals surface area contributed by atoms with Gasteiger partial charge in [-0.2, -0.15) is 0 Å². The van der Waals surface area contributed by atoms with Gasteiger partial charge in [0.2, 0.25) is 0 Å². The minimum absolute atomic E-state index is 0.135. The lowest BCUT2D eigenvalue weighted by molar-refractivity contribution is 0.208. The van der Waals surface area contributed by atoms with Gasteiger partial charge in [0.15, 0.2) is 0 Å². The Labute approximate surface area is 106 Å². The summed E-state index contributed by atoms with van der Waals surface area (Å²) < 4.78 is 27.0. The molecule has 0 aromatic heterocycles. The number of rotatable bonds is 6. The molecule has 96 valence electrons. The molecule has 0 saturated carbocycles. The van der Waals surface area contributed by atoms with Crippen molar-refractivity contribution in [3.8, 4) is 0 Å². The van der Waals surface area contributed by atoms with Gasteiger partial charge in [-0.1, -0.05) is 6.07 Å². The van der Waals surface area contributed by atoms with Crippen molar-refractivity contribution in [1.29, 1.82) is 0 Å². The Hall–Kier alpha value is -0.670. The van der Waals surface area contributed by atoms with Crippen LogP contribution in [0.25, 0.3) is 0 Å². The molecule has 1 aromatic carbocycles. The van der Waals surface area contributed by atoms with Crippen LogP contribution < -0.4 is 0 Å². The number of hydrogen-bond donors (Lipinski definition) is 0. The second-order valence-corrected chi connectivity index (χ2v) is 4.68. The highest BCUT2D eigenvalue weighted by molar-refractivity contribution is 6.17. The van der Waals surface area contributed by atoms with Gasteiger partial charge in [0.1, 0.15) is 11.6 Å². The summed E-state index contributed by atoms with van der Waals surface area (Å²) in [5.41, 5.74) is 0.135. The van der Waals surface area contributed by atoms with Gasteiger partial charge in [-0.25, -0.2) is 8.78 Å². The fraction of sp³-hybridized carbons (Fsp3) is 0.538. The van der Waals surface area contributed by atoms with E-state index in [1.807, 2.05) is 18.7 Å². The van der Waals surface area contributed by atoms with Crippen molar-refractivity contribution in [2.75, 3.05) is 12.4 Å². The highest BCUT2D eigenvalue weighted by Gasteiger charge is 2.15. The molecule has 17 heavy (non-hydrogen) atoms. The van der Waals surface area contributed by atoms with Crippen molar-refractivity contribution in [3.63, 3.8) is 0 Å².